The van der Waals surface area contributed by atoms with Crippen LogP contribution < -0.4 is 0 Å². The van der Waals surface area contributed by atoms with Crippen molar-refractivity contribution in [3.05, 3.63) is 133 Å². The smallest absolute Gasteiger partial charge is 0.135 e. The lowest BCUT2D eigenvalue weighted by Gasteiger charge is -2.21. The second-order valence-corrected chi connectivity index (χ2v) is 10.5. The van der Waals surface area contributed by atoms with Gasteiger partial charge in [0.25, 0.3) is 0 Å². The fraction of sp³-hybridized carbons (Fsp3) is 0.0541. The lowest BCUT2D eigenvalue weighted by atomic mass is 9.89. The predicted octanol–water partition coefficient (Wildman–Crippen LogP) is 10.0. The second-order valence-electron chi connectivity index (χ2n) is 10.5. The Hall–Kier alpha value is -5.15. The van der Waals surface area contributed by atoms with Crippen LogP contribution >= 0.6 is 0 Å². The fourth-order valence-electron chi connectivity index (χ4n) is 6.40. The molecule has 0 aliphatic rings. The molecule has 0 fully saturated rings. The minimum Gasteiger partial charge on any atom is -0.456 e. The molecule has 3 nitrogen and oxygen atoms in total. The van der Waals surface area contributed by atoms with Crippen molar-refractivity contribution in [3.63, 3.8) is 0 Å². The minimum atomic E-state index is 0.905. The van der Waals surface area contributed by atoms with Crippen molar-refractivity contribution in [2.45, 2.75) is 13.8 Å². The Balaban J connectivity index is 1.49. The molecule has 3 heterocycles. The summed E-state index contributed by atoms with van der Waals surface area (Å²) in [5, 5.41) is 4.78. The SMILES string of the molecule is Cc1c(-c2ccc3oc4ccccc4c3c2)cc(-n2c3ccccc3c3ccccc32)c(C)c1-c1ccccn1. The number of pyridine rings is 1. The van der Waals surface area contributed by atoms with Crippen molar-refractivity contribution < 1.29 is 4.42 Å². The monoisotopic (exact) mass is 514 g/mol. The topological polar surface area (TPSA) is 31.0 Å². The maximum Gasteiger partial charge on any atom is 0.135 e. The van der Waals surface area contributed by atoms with E-state index in [2.05, 4.69) is 115 Å². The van der Waals surface area contributed by atoms with E-state index in [1.807, 2.05) is 24.4 Å². The maximum atomic E-state index is 6.15. The van der Waals surface area contributed by atoms with E-state index >= 15 is 0 Å². The molecular weight excluding hydrogens is 488 g/mol. The molecule has 0 saturated carbocycles. The zero-order valence-electron chi connectivity index (χ0n) is 22.3. The zero-order chi connectivity index (χ0) is 26.8. The van der Waals surface area contributed by atoms with Gasteiger partial charge in [-0.25, -0.2) is 0 Å². The molecule has 8 rings (SSSR count). The molecule has 0 atom stereocenters. The first-order valence-electron chi connectivity index (χ1n) is 13.6. The van der Waals surface area contributed by atoms with Crippen molar-refractivity contribution >= 4 is 43.7 Å². The van der Waals surface area contributed by atoms with E-state index in [4.69, 9.17) is 9.40 Å². The Labute approximate surface area is 231 Å². The number of fused-ring (bicyclic) bond motifs is 6. The molecule has 3 heteroatoms. The van der Waals surface area contributed by atoms with Crippen LogP contribution in [0.2, 0.25) is 0 Å². The van der Waals surface area contributed by atoms with Crippen LogP contribution in [0, 0.1) is 13.8 Å². The highest BCUT2D eigenvalue weighted by molar-refractivity contribution is 6.10. The van der Waals surface area contributed by atoms with Gasteiger partial charge < -0.3 is 8.98 Å². The largest absolute Gasteiger partial charge is 0.456 e. The van der Waals surface area contributed by atoms with Gasteiger partial charge in [0.1, 0.15) is 11.2 Å². The van der Waals surface area contributed by atoms with Gasteiger partial charge in [0.05, 0.1) is 22.4 Å². The number of benzene rings is 5. The molecule has 0 unspecified atom stereocenters. The third-order valence-corrected chi connectivity index (χ3v) is 8.25. The standard InChI is InChI=1S/C37H26N2O/c1-23-29(25-18-19-36-30(21-25)28-13-5-8-17-35(28)40-36)22-34(24(2)37(23)31-14-9-10-20-38-31)39-32-15-6-3-11-26(32)27-12-4-7-16-33(27)39/h3-22H,1-2H3. The number of nitrogens with zero attached hydrogens (tertiary/aromatic N) is 2. The van der Waals surface area contributed by atoms with Crippen molar-refractivity contribution in [2.24, 2.45) is 0 Å². The Morgan fingerprint density at radius 3 is 1.95 bits per heavy atom. The highest BCUT2D eigenvalue weighted by Crippen LogP contribution is 2.42. The van der Waals surface area contributed by atoms with Crippen molar-refractivity contribution in [2.75, 3.05) is 0 Å². The molecule has 0 spiro atoms. The predicted molar refractivity (Wildman–Crippen MR) is 166 cm³/mol. The van der Waals surface area contributed by atoms with E-state index in [1.165, 1.54) is 44.1 Å². The van der Waals surface area contributed by atoms with Crippen molar-refractivity contribution in [1.29, 1.82) is 0 Å². The fourth-order valence-corrected chi connectivity index (χ4v) is 6.40. The molecule has 190 valence electrons. The second kappa shape index (κ2) is 8.69. The highest BCUT2D eigenvalue weighted by atomic mass is 16.3. The van der Waals surface area contributed by atoms with Crippen LogP contribution in [0.15, 0.2) is 126 Å². The molecular formula is C37H26N2O. The summed E-state index contributed by atoms with van der Waals surface area (Å²) in [5.41, 5.74) is 12.3. The van der Waals surface area contributed by atoms with Gasteiger partial charge in [0.2, 0.25) is 0 Å². The summed E-state index contributed by atoms with van der Waals surface area (Å²) in [6, 6.07) is 40.7. The Morgan fingerprint density at radius 2 is 1.23 bits per heavy atom. The number of furan rings is 1. The zero-order valence-corrected chi connectivity index (χ0v) is 22.3. The van der Waals surface area contributed by atoms with Gasteiger partial charge in [-0.1, -0.05) is 66.7 Å². The number of para-hydroxylation sites is 3. The van der Waals surface area contributed by atoms with Crippen LogP contribution in [0.25, 0.3) is 71.8 Å². The first-order valence-corrected chi connectivity index (χ1v) is 13.6. The normalized spacial score (nSPS) is 11.8. The van der Waals surface area contributed by atoms with Crippen LogP contribution in [-0.4, -0.2) is 9.55 Å². The van der Waals surface area contributed by atoms with Gasteiger partial charge in [-0.3, -0.25) is 4.98 Å². The summed E-state index contributed by atoms with van der Waals surface area (Å²) in [4.78, 5) is 4.81. The molecule has 0 aliphatic heterocycles. The molecule has 5 aromatic carbocycles. The van der Waals surface area contributed by atoms with E-state index in [-0.39, 0.29) is 0 Å². The Kier molecular flexibility index (Phi) is 4.95. The van der Waals surface area contributed by atoms with Gasteiger partial charge in [-0.2, -0.15) is 0 Å². The summed E-state index contributed by atoms with van der Waals surface area (Å²) >= 11 is 0. The average molecular weight is 515 g/mol. The molecule has 40 heavy (non-hydrogen) atoms. The molecule has 0 amide bonds. The molecule has 0 N–H and O–H groups in total. The summed E-state index contributed by atoms with van der Waals surface area (Å²) in [7, 11) is 0. The van der Waals surface area contributed by atoms with Gasteiger partial charge in [-0.05, 0) is 84.6 Å². The quantitative estimate of drug-likeness (QED) is 0.235. The van der Waals surface area contributed by atoms with Crippen LogP contribution in [0.4, 0.5) is 0 Å². The molecule has 0 saturated heterocycles. The van der Waals surface area contributed by atoms with E-state index in [9.17, 15) is 0 Å². The van der Waals surface area contributed by atoms with E-state index in [1.54, 1.807) is 0 Å². The van der Waals surface area contributed by atoms with Crippen LogP contribution in [0.3, 0.4) is 0 Å². The van der Waals surface area contributed by atoms with Gasteiger partial charge in [0, 0.05) is 33.3 Å². The van der Waals surface area contributed by atoms with Gasteiger partial charge in [-0.15, -0.1) is 0 Å². The average Bonchev–Trinajstić information content (AvgIpc) is 3.54. The molecule has 0 bridgehead atoms. The summed E-state index contributed by atoms with van der Waals surface area (Å²) in [6.07, 6.45) is 1.88. The highest BCUT2D eigenvalue weighted by Gasteiger charge is 2.21. The minimum absolute atomic E-state index is 0.905. The third kappa shape index (κ3) is 3.28. The number of hydrogen-bond donors (Lipinski definition) is 0. The van der Waals surface area contributed by atoms with Gasteiger partial charge >= 0.3 is 0 Å². The summed E-state index contributed by atoms with van der Waals surface area (Å²) in [6.45, 7) is 4.45. The van der Waals surface area contributed by atoms with Crippen LogP contribution in [0.5, 0.6) is 0 Å². The van der Waals surface area contributed by atoms with E-state index < -0.39 is 0 Å². The number of hydrogen-bond acceptors (Lipinski definition) is 2. The maximum absolute atomic E-state index is 6.15. The Bertz CT molecular complexity index is 2180. The van der Waals surface area contributed by atoms with Crippen LogP contribution in [-0.2, 0) is 0 Å². The number of aromatic nitrogens is 2. The molecule has 0 aliphatic carbocycles. The molecule has 3 aromatic heterocycles. The third-order valence-electron chi connectivity index (χ3n) is 8.25. The van der Waals surface area contributed by atoms with E-state index in [0.29, 0.717) is 0 Å². The molecule has 0 radical (unpaired) electrons. The lowest BCUT2D eigenvalue weighted by Crippen LogP contribution is -2.03. The summed E-state index contributed by atoms with van der Waals surface area (Å²) in [5.74, 6) is 0. The lowest BCUT2D eigenvalue weighted by molar-refractivity contribution is 0.669. The molecule has 8 aromatic rings. The van der Waals surface area contributed by atoms with E-state index in [0.717, 1.165) is 38.9 Å². The summed E-state index contributed by atoms with van der Waals surface area (Å²) < 4.78 is 8.57. The first kappa shape index (κ1) is 22.8. The number of rotatable bonds is 3. The Morgan fingerprint density at radius 1 is 0.575 bits per heavy atom. The van der Waals surface area contributed by atoms with Crippen molar-refractivity contribution in [1.82, 2.24) is 9.55 Å². The van der Waals surface area contributed by atoms with Crippen LogP contribution in [0.1, 0.15) is 11.1 Å². The van der Waals surface area contributed by atoms with Gasteiger partial charge in [0.15, 0.2) is 0 Å². The van der Waals surface area contributed by atoms with Crippen molar-refractivity contribution in [3.8, 4) is 28.1 Å². The first-order chi connectivity index (χ1) is 19.7.